The van der Waals surface area contributed by atoms with Crippen LogP contribution in [0, 0.1) is 11.3 Å². The summed E-state index contributed by atoms with van der Waals surface area (Å²) < 4.78 is 15.0. The number of rotatable bonds is 8. The summed E-state index contributed by atoms with van der Waals surface area (Å²) in [6.45, 7) is 8.25. The molecular weight excluding hydrogens is 430 g/mol. The van der Waals surface area contributed by atoms with Gasteiger partial charge in [-0.2, -0.15) is 5.26 Å². The number of nitriles is 1. The predicted molar refractivity (Wildman–Crippen MR) is 116 cm³/mol. The van der Waals surface area contributed by atoms with E-state index in [9.17, 15) is 9.59 Å². The van der Waals surface area contributed by atoms with Crippen LogP contribution in [0.4, 0.5) is 5.00 Å². The molecule has 1 aliphatic heterocycles. The molecule has 0 aromatic carbocycles. The van der Waals surface area contributed by atoms with Crippen LogP contribution in [-0.4, -0.2) is 62.2 Å². The highest BCUT2D eigenvalue weighted by atomic mass is 35.5. The lowest BCUT2D eigenvalue weighted by Crippen LogP contribution is -2.35. The number of morpholine rings is 1. The molecule has 1 saturated heterocycles. The molecule has 0 aliphatic carbocycles. The number of thiophene rings is 1. The summed E-state index contributed by atoms with van der Waals surface area (Å²) in [7, 11) is 0. The Labute approximate surface area is 186 Å². The Bertz CT molecular complexity index is 754. The van der Waals surface area contributed by atoms with Crippen LogP contribution in [0.3, 0.4) is 0 Å². The molecule has 0 spiro atoms. The van der Waals surface area contributed by atoms with Crippen LogP contribution in [0.1, 0.15) is 35.5 Å². The van der Waals surface area contributed by atoms with Crippen molar-refractivity contribution in [3.05, 3.63) is 28.2 Å². The van der Waals surface area contributed by atoms with Gasteiger partial charge in [0.2, 0.25) is 0 Å². The van der Waals surface area contributed by atoms with E-state index in [0.29, 0.717) is 28.7 Å². The van der Waals surface area contributed by atoms with E-state index in [4.69, 9.17) is 32.1 Å². The molecule has 30 heavy (non-hydrogen) atoms. The van der Waals surface area contributed by atoms with Gasteiger partial charge in [-0.3, -0.25) is 9.69 Å². The fourth-order valence-electron chi connectivity index (χ4n) is 2.56. The Hall–Kier alpha value is -2.12. The molecule has 0 amide bonds. The lowest BCUT2D eigenvalue weighted by Gasteiger charge is -2.26. The third-order valence-corrected chi connectivity index (χ3v) is 5.23. The van der Waals surface area contributed by atoms with Crippen molar-refractivity contribution in [2.24, 2.45) is 0 Å². The first-order chi connectivity index (χ1) is 14.4. The number of hydrogen-bond acceptors (Lipinski definition) is 9. The van der Waals surface area contributed by atoms with E-state index in [1.807, 2.05) is 12.1 Å². The fourth-order valence-corrected chi connectivity index (χ4v) is 3.57. The largest absolute Gasteiger partial charge is 0.466 e. The van der Waals surface area contributed by atoms with Gasteiger partial charge in [0.1, 0.15) is 4.88 Å². The number of alkyl halides is 1. The topological polar surface area (TPSA) is 115 Å². The van der Waals surface area contributed by atoms with E-state index in [-0.39, 0.29) is 24.2 Å². The molecule has 1 aliphatic rings. The number of carbonyl (C=O) groups excluding carboxylic acids is 2. The van der Waals surface area contributed by atoms with Crippen molar-refractivity contribution in [1.29, 1.82) is 5.26 Å². The molecule has 1 fully saturated rings. The number of nitrogen functional groups attached to an aromatic ring is 1. The van der Waals surface area contributed by atoms with Crippen molar-refractivity contribution in [3.8, 4) is 6.07 Å². The smallest absolute Gasteiger partial charge is 0.348 e. The van der Waals surface area contributed by atoms with Gasteiger partial charge in [0.15, 0.2) is 0 Å². The van der Waals surface area contributed by atoms with Gasteiger partial charge in [-0.25, -0.2) is 4.79 Å². The predicted octanol–water partition coefficient (Wildman–Crippen LogP) is 2.97. The number of halogens is 1. The van der Waals surface area contributed by atoms with Gasteiger partial charge >= 0.3 is 11.9 Å². The first-order valence-corrected chi connectivity index (χ1v) is 10.9. The summed E-state index contributed by atoms with van der Waals surface area (Å²) >= 11 is 6.76. The lowest BCUT2D eigenvalue weighted by atomic mass is 10.2. The Morgan fingerprint density at radius 2 is 2.00 bits per heavy atom. The zero-order valence-electron chi connectivity index (χ0n) is 17.3. The van der Waals surface area contributed by atoms with Crippen molar-refractivity contribution in [2.45, 2.75) is 26.8 Å². The van der Waals surface area contributed by atoms with Gasteiger partial charge in [0.25, 0.3) is 0 Å². The molecule has 8 nitrogen and oxygen atoms in total. The van der Waals surface area contributed by atoms with Crippen molar-refractivity contribution >= 4 is 39.9 Å². The molecule has 0 bridgehead atoms. The second kappa shape index (κ2) is 14.8. The first kappa shape index (κ1) is 25.9. The summed E-state index contributed by atoms with van der Waals surface area (Å²) in [6.07, 6.45) is 1.37. The average molecular weight is 458 g/mol. The highest BCUT2D eigenvalue weighted by Crippen LogP contribution is 2.26. The summed E-state index contributed by atoms with van der Waals surface area (Å²) in [6, 6.07) is 3.68. The molecule has 0 radical (unpaired) electrons. The normalized spacial score (nSPS) is 14.3. The van der Waals surface area contributed by atoms with Gasteiger partial charge < -0.3 is 19.9 Å². The number of ether oxygens (including phenoxy) is 3. The maximum atomic E-state index is 11.8. The van der Waals surface area contributed by atoms with Crippen LogP contribution in [0.5, 0.6) is 0 Å². The minimum Gasteiger partial charge on any atom is -0.466 e. The maximum Gasteiger partial charge on any atom is 0.348 e. The molecule has 2 rings (SSSR count). The highest BCUT2D eigenvalue weighted by molar-refractivity contribution is 7.17. The van der Waals surface area contributed by atoms with E-state index in [0.717, 1.165) is 38.4 Å². The standard InChI is InChI=1S/C12H18N2O3S.C8H10ClNO2/c1-2-17-12(15)11-9(7-10(13)18-11)8-14-3-5-16-6-4-14;1-2-12-8(11)5-7(6-9)3-4-10/h7H,2-6,8,13H2,1H3;3H,2,5-6H2,1H3/b;7-3-. The minimum absolute atomic E-state index is 0.102. The van der Waals surface area contributed by atoms with E-state index in [2.05, 4.69) is 9.64 Å². The Morgan fingerprint density at radius 3 is 2.57 bits per heavy atom. The monoisotopic (exact) mass is 457 g/mol. The van der Waals surface area contributed by atoms with Crippen molar-refractivity contribution in [2.75, 3.05) is 51.1 Å². The highest BCUT2D eigenvalue weighted by Gasteiger charge is 2.19. The van der Waals surface area contributed by atoms with Gasteiger partial charge in [0.05, 0.1) is 43.9 Å². The first-order valence-electron chi connectivity index (χ1n) is 9.59. The van der Waals surface area contributed by atoms with Crippen LogP contribution in [0.25, 0.3) is 0 Å². The molecule has 0 saturated carbocycles. The summed E-state index contributed by atoms with van der Waals surface area (Å²) in [4.78, 5) is 25.5. The molecule has 166 valence electrons. The molecule has 2 N–H and O–H groups in total. The SMILES string of the molecule is CCOC(=O)C/C(=C/C#N)CCl.CCOC(=O)c1sc(N)cc1CN1CCOCC1. The number of esters is 2. The van der Waals surface area contributed by atoms with Crippen LogP contribution < -0.4 is 5.73 Å². The third-order valence-electron chi connectivity index (χ3n) is 3.90. The molecule has 1 aromatic heterocycles. The molecule has 2 heterocycles. The van der Waals surface area contributed by atoms with Crippen molar-refractivity contribution in [3.63, 3.8) is 0 Å². The minimum atomic E-state index is -0.348. The van der Waals surface area contributed by atoms with Crippen LogP contribution in [0.15, 0.2) is 17.7 Å². The number of anilines is 1. The van der Waals surface area contributed by atoms with Crippen molar-refractivity contribution in [1.82, 2.24) is 4.90 Å². The maximum absolute atomic E-state index is 11.8. The van der Waals surface area contributed by atoms with Gasteiger partial charge in [0, 0.05) is 31.6 Å². The van der Waals surface area contributed by atoms with Crippen molar-refractivity contribution < 1.29 is 23.8 Å². The molecule has 0 unspecified atom stereocenters. The van der Waals surface area contributed by atoms with Gasteiger partial charge in [-0.05, 0) is 31.1 Å². The summed E-state index contributed by atoms with van der Waals surface area (Å²) in [5.41, 5.74) is 7.32. The number of carbonyl (C=O) groups is 2. The van der Waals surface area contributed by atoms with Crippen LogP contribution >= 0.6 is 22.9 Å². The number of nitrogens with zero attached hydrogens (tertiary/aromatic N) is 2. The Kier molecular flexibility index (Phi) is 12.8. The van der Waals surface area contributed by atoms with E-state index < -0.39 is 0 Å². The summed E-state index contributed by atoms with van der Waals surface area (Å²) in [5, 5.41) is 8.93. The number of nitrogens with two attached hydrogens (primary N) is 1. The average Bonchev–Trinajstić information content (AvgIpc) is 3.09. The number of allylic oxidation sites excluding steroid dienone is 1. The molecule has 0 atom stereocenters. The zero-order valence-corrected chi connectivity index (χ0v) is 18.9. The van der Waals surface area contributed by atoms with Gasteiger partial charge in [-0.15, -0.1) is 22.9 Å². The van der Waals surface area contributed by atoms with Crippen LogP contribution in [-0.2, 0) is 25.5 Å². The van der Waals surface area contributed by atoms with E-state index in [1.165, 1.54) is 17.4 Å². The molecule has 10 heteroatoms. The van der Waals surface area contributed by atoms with E-state index >= 15 is 0 Å². The molecule has 1 aromatic rings. The lowest BCUT2D eigenvalue weighted by molar-refractivity contribution is -0.142. The van der Waals surface area contributed by atoms with E-state index in [1.54, 1.807) is 13.8 Å². The Balaban J connectivity index is 0.000000329. The Morgan fingerprint density at radius 1 is 1.33 bits per heavy atom. The molecular formula is C20H28ClN3O5S. The zero-order chi connectivity index (χ0) is 22.4. The second-order valence-corrected chi connectivity index (χ2v) is 7.51. The third kappa shape index (κ3) is 9.59. The number of hydrogen-bond donors (Lipinski definition) is 1. The quantitative estimate of drug-likeness (QED) is 0.360. The van der Waals surface area contributed by atoms with Gasteiger partial charge in [-0.1, -0.05) is 0 Å². The van der Waals surface area contributed by atoms with Crippen LogP contribution in [0.2, 0.25) is 0 Å². The summed E-state index contributed by atoms with van der Waals surface area (Å²) in [5.74, 6) is -0.436. The second-order valence-electron chi connectivity index (χ2n) is 6.16. The fraction of sp³-hybridized carbons (Fsp3) is 0.550.